The third-order valence-electron chi connectivity index (χ3n) is 4.30. The van der Waals surface area contributed by atoms with E-state index in [4.69, 9.17) is 4.74 Å². The molecule has 0 bridgehead atoms. The van der Waals surface area contributed by atoms with E-state index in [1.807, 2.05) is 34.3 Å². The second-order valence-electron chi connectivity index (χ2n) is 6.25. The lowest BCUT2D eigenvalue weighted by atomic mass is 10.0. The first-order chi connectivity index (χ1) is 14.2. The fourth-order valence-electron chi connectivity index (χ4n) is 2.94. The fraction of sp³-hybridized carbons (Fsp3) is 0.0909. The maximum Gasteiger partial charge on any atom is 0.357 e. The van der Waals surface area contributed by atoms with E-state index in [-0.39, 0.29) is 5.69 Å². The molecule has 2 aromatic carbocycles. The summed E-state index contributed by atoms with van der Waals surface area (Å²) in [5.41, 5.74) is 1.29. The molecule has 2 aromatic heterocycles. The minimum atomic E-state index is -0.649. The zero-order valence-electron chi connectivity index (χ0n) is 15.4. The van der Waals surface area contributed by atoms with Crippen LogP contribution >= 0.6 is 11.3 Å². The van der Waals surface area contributed by atoms with Crippen LogP contribution < -0.4 is 4.80 Å². The number of carbonyl (C=O) groups excluding carboxylic acids is 2. The van der Waals surface area contributed by atoms with Gasteiger partial charge >= 0.3 is 5.97 Å². The second-order valence-corrected chi connectivity index (χ2v) is 7.12. The highest BCUT2D eigenvalue weighted by molar-refractivity contribution is 7.07. The molecule has 7 heteroatoms. The lowest BCUT2D eigenvalue weighted by molar-refractivity contribution is -0.121. The largest absolute Gasteiger partial charge is 0.451 e. The number of carbonyl (C=O) groups is 2. The molecule has 0 atom stereocenters. The number of aromatic nitrogens is 2. The molecule has 0 aliphatic heterocycles. The maximum atomic E-state index is 12.2. The molecule has 4 aromatic rings. The van der Waals surface area contributed by atoms with Crippen LogP contribution in [0.15, 0.2) is 83.4 Å². The molecule has 0 radical (unpaired) electrons. The average Bonchev–Trinajstić information content (AvgIpc) is 3.19. The van der Waals surface area contributed by atoms with E-state index in [2.05, 4.69) is 34.2 Å². The van der Waals surface area contributed by atoms with Crippen molar-refractivity contribution in [2.45, 2.75) is 6.54 Å². The summed E-state index contributed by atoms with van der Waals surface area (Å²) in [5.74, 6) is -1.17. The van der Waals surface area contributed by atoms with Crippen LogP contribution in [0.25, 0.3) is 10.8 Å². The number of thiazole rings is 1. The molecule has 144 valence electrons. The van der Waals surface area contributed by atoms with Gasteiger partial charge in [0, 0.05) is 17.8 Å². The van der Waals surface area contributed by atoms with E-state index < -0.39 is 18.5 Å². The molecule has 1 amide bonds. The molecule has 2 heterocycles. The van der Waals surface area contributed by atoms with Gasteiger partial charge in [0.15, 0.2) is 11.4 Å². The summed E-state index contributed by atoms with van der Waals surface area (Å²) in [6.07, 6.45) is 3.38. The molecule has 0 saturated heterocycles. The van der Waals surface area contributed by atoms with Gasteiger partial charge in [0.25, 0.3) is 5.91 Å². The molecule has 0 aliphatic carbocycles. The number of rotatable bonds is 5. The number of nitrogens with zero attached hydrogens (tertiary/aromatic N) is 3. The molecule has 0 spiro atoms. The summed E-state index contributed by atoms with van der Waals surface area (Å²) in [6.45, 7) is 0.159. The first kappa shape index (κ1) is 18.8. The van der Waals surface area contributed by atoms with Crippen molar-refractivity contribution < 1.29 is 14.3 Å². The molecule has 0 saturated carbocycles. The number of fused-ring (bicyclic) bond motifs is 1. The van der Waals surface area contributed by atoms with Crippen molar-refractivity contribution in [3.8, 4) is 0 Å². The molecule has 0 unspecified atom stereocenters. The maximum absolute atomic E-state index is 12.2. The van der Waals surface area contributed by atoms with Crippen LogP contribution in [0.1, 0.15) is 16.1 Å². The van der Waals surface area contributed by atoms with Crippen molar-refractivity contribution >= 4 is 34.0 Å². The zero-order valence-corrected chi connectivity index (χ0v) is 16.2. The monoisotopic (exact) mass is 403 g/mol. The molecule has 6 nitrogen and oxygen atoms in total. The van der Waals surface area contributed by atoms with Gasteiger partial charge in [0.05, 0.1) is 6.54 Å². The highest BCUT2D eigenvalue weighted by Crippen LogP contribution is 2.19. The third kappa shape index (κ3) is 4.47. The summed E-state index contributed by atoms with van der Waals surface area (Å²) < 4.78 is 6.91. The van der Waals surface area contributed by atoms with Gasteiger partial charge in [-0.15, -0.1) is 11.3 Å². The Morgan fingerprint density at radius 2 is 1.86 bits per heavy atom. The molecule has 0 fully saturated rings. The summed E-state index contributed by atoms with van der Waals surface area (Å²) in [6, 6.07) is 19.2. The number of benzene rings is 2. The molecular formula is C22H17N3O3S. The Hall–Kier alpha value is -3.58. The van der Waals surface area contributed by atoms with E-state index in [1.165, 1.54) is 23.6 Å². The Kier molecular flexibility index (Phi) is 5.58. The van der Waals surface area contributed by atoms with Gasteiger partial charge < -0.3 is 9.30 Å². The van der Waals surface area contributed by atoms with Crippen molar-refractivity contribution in [3.05, 3.63) is 94.5 Å². The van der Waals surface area contributed by atoms with Gasteiger partial charge in [0.1, 0.15) is 5.69 Å². The second kappa shape index (κ2) is 8.62. The van der Waals surface area contributed by atoms with Crippen molar-refractivity contribution in [1.29, 1.82) is 0 Å². The lowest BCUT2D eigenvalue weighted by Gasteiger charge is -2.07. The van der Waals surface area contributed by atoms with Crippen molar-refractivity contribution in [3.63, 3.8) is 0 Å². The summed E-state index contributed by atoms with van der Waals surface area (Å²) >= 11 is 1.36. The van der Waals surface area contributed by atoms with Crippen molar-refractivity contribution in [1.82, 2.24) is 9.55 Å². The Morgan fingerprint density at radius 3 is 2.72 bits per heavy atom. The fourth-order valence-corrected chi connectivity index (χ4v) is 3.69. The summed E-state index contributed by atoms with van der Waals surface area (Å²) in [7, 11) is 0. The number of hydrogen-bond acceptors (Lipinski definition) is 5. The van der Waals surface area contributed by atoms with E-state index >= 15 is 0 Å². The normalized spacial score (nSPS) is 11.5. The van der Waals surface area contributed by atoms with Gasteiger partial charge in [-0.1, -0.05) is 48.5 Å². The quantitative estimate of drug-likeness (QED) is 0.479. The van der Waals surface area contributed by atoms with Crippen LogP contribution in [-0.2, 0) is 16.1 Å². The van der Waals surface area contributed by atoms with Gasteiger partial charge in [-0.25, -0.2) is 9.78 Å². The topological polar surface area (TPSA) is 73.6 Å². The van der Waals surface area contributed by atoms with Gasteiger partial charge in [0.2, 0.25) is 0 Å². The molecule has 29 heavy (non-hydrogen) atoms. The van der Waals surface area contributed by atoms with Gasteiger partial charge in [-0.2, -0.15) is 4.99 Å². The number of hydrogen-bond donors (Lipinski definition) is 0. The summed E-state index contributed by atoms with van der Waals surface area (Å²) in [4.78, 5) is 32.7. The first-order valence-corrected chi connectivity index (χ1v) is 9.85. The molecule has 0 aliphatic rings. The predicted octanol–water partition coefficient (Wildman–Crippen LogP) is 3.43. The van der Waals surface area contributed by atoms with Crippen LogP contribution in [-0.4, -0.2) is 28.0 Å². The van der Waals surface area contributed by atoms with Gasteiger partial charge in [-0.05, 0) is 28.5 Å². The number of esters is 1. The Bertz CT molecular complexity index is 1220. The van der Waals surface area contributed by atoms with Crippen LogP contribution in [0.3, 0.4) is 0 Å². The van der Waals surface area contributed by atoms with E-state index in [1.54, 1.807) is 12.1 Å². The van der Waals surface area contributed by atoms with E-state index in [0.29, 0.717) is 11.3 Å². The molecular weight excluding hydrogens is 386 g/mol. The lowest BCUT2D eigenvalue weighted by Crippen LogP contribution is -2.20. The standard InChI is InChI=1S/C22H17N3O3S/c26-20(15-28-21(27)19-10-3-4-11-23-19)24-22-25(12-13-29-22)14-17-8-5-7-16-6-1-2-9-18(16)17/h1-13H,14-15H2. The minimum absolute atomic E-state index is 0.155. The highest BCUT2D eigenvalue weighted by Gasteiger charge is 2.11. The first-order valence-electron chi connectivity index (χ1n) is 8.97. The average molecular weight is 403 g/mol. The zero-order chi connectivity index (χ0) is 20.1. The Morgan fingerprint density at radius 1 is 1.03 bits per heavy atom. The van der Waals surface area contributed by atoms with Gasteiger partial charge in [-0.3, -0.25) is 4.79 Å². The number of ether oxygens (including phenoxy) is 1. The smallest absolute Gasteiger partial charge is 0.357 e. The number of pyridine rings is 1. The van der Waals surface area contributed by atoms with E-state index in [0.717, 1.165) is 16.3 Å². The van der Waals surface area contributed by atoms with Crippen LogP contribution in [0.4, 0.5) is 0 Å². The predicted molar refractivity (Wildman–Crippen MR) is 110 cm³/mol. The third-order valence-corrected chi connectivity index (χ3v) is 5.10. The molecule has 0 N–H and O–H groups in total. The van der Waals surface area contributed by atoms with E-state index in [9.17, 15) is 9.59 Å². The highest BCUT2D eigenvalue weighted by atomic mass is 32.1. The van der Waals surface area contributed by atoms with Crippen molar-refractivity contribution in [2.24, 2.45) is 4.99 Å². The van der Waals surface area contributed by atoms with Crippen LogP contribution in [0.5, 0.6) is 0 Å². The van der Waals surface area contributed by atoms with Crippen molar-refractivity contribution in [2.75, 3.05) is 6.61 Å². The minimum Gasteiger partial charge on any atom is -0.451 e. The Labute approximate surface area is 170 Å². The number of amides is 1. The summed E-state index contributed by atoms with van der Waals surface area (Å²) in [5, 5.41) is 4.20. The SMILES string of the molecule is O=C(COC(=O)c1ccccn1)N=c1sccn1Cc1cccc2ccccc12. The Balaban J connectivity index is 1.49. The molecule has 4 rings (SSSR count). The van der Waals surface area contributed by atoms with Crippen LogP contribution in [0, 0.1) is 0 Å². The van der Waals surface area contributed by atoms with Crippen LogP contribution in [0.2, 0.25) is 0 Å².